The summed E-state index contributed by atoms with van der Waals surface area (Å²) < 4.78 is 0. The summed E-state index contributed by atoms with van der Waals surface area (Å²) in [7, 11) is 0. The highest BCUT2D eigenvalue weighted by Gasteiger charge is 2.23. The van der Waals surface area contributed by atoms with Crippen molar-refractivity contribution in [1.82, 2.24) is 0 Å². The van der Waals surface area contributed by atoms with Crippen molar-refractivity contribution in [2.24, 2.45) is 9.98 Å². The molecule has 0 radical (unpaired) electrons. The van der Waals surface area contributed by atoms with E-state index in [-0.39, 0.29) is 5.66 Å². The Labute approximate surface area is 110 Å². The molecule has 0 saturated carbocycles. The molecule has 0 fully saturated rings. The Bertz CT molecular complexity index is 455. The highest BCUT2D eigenvalue weighted by atomic mass is 15.1. The van der Waals surface area contributed by atoms with Crippen LogP contribution in [-0.2, 0) is 0 Å². The number of hydrogen-bond donors (Lipinski definition) is 0. The van der Waals surface area contributed by atoms with Crippen molar-refractivity contribution in [2.45, 2.75) is 64.5 Å². The molecule has 0 aliphatic carbocycles. The van der Waals surface area contributed by atoms with Gasteiger partial charge in [0.25, 0.3) is 0 Å². The minimum absolute atomic E-state index is 0.200. The van der Waals surface area contributed by atoms with Crippen LogP contribution in [0.15, 0.2) is 34.3 Å². The molecule has 0 unspecified atom stereocenters. The van der Waals surface area contributed by atoms with Gasteiger partial charge in [0, 0.05) is 0 Å². The largest absolute Gasteiger partial charge is 0.254 e. The van der Waals surface area contributed by atoms with Crippen molar-refractivity contribution in [2.75, 3.05) is 0 Å². The first-order chi connectivity index (χ1) is 8.73. The number of rotatable bonds is 7. The van der Waals surface area contributed by atoms with Crippen LogP contribution in [0.1, 0.15) is 58.8 Å². The number of benzene rings is 1. The Hall–Kier alpha value is -1.18. The first-order valence-corrected chi connectivity index (χ1v) is 7.28. The normalized spacial score (nSPS) is 15.9. The van der Waals surface area contributed by atoms with Crippen molar-refractivity contribution in [3.05, 3.63) is 35.0 Å². The third kappa shape index (κ3) is 3.41. The Kier molecular flexibility index (Phi) is 4.51. The standard InChI is InChI=1S/C16H24N2/c1-3-4-5-6-7-10-13-16(2)17-14-11-8-9-12-15(14)18-16/h8-9,11-12H,3-7,10,13H2,1-2H3. The van der Waals surface area contributed by atoms with E-state index >= 15 is 0 Å². The van der Waals surface area contributed by atoms with E-state index in [4.69, 9.17) is 9.98 Å². The predicted octanol–water partition coefficient (Wildman–Crippen LogP) is 3.41. The molecular formula is C16H24N2. The summed E-state index contributed by atoms with van der Waals surface area (Å²) in [5.74, 6) is 0. The molecule has 0 aromatic heterocycles. The Morgan fingerprint density at radius 1 is 0.889 bits per heavy atom. The first-order valence-electron chi connectivity index (χ1n) is 7.28. The molecule has 2 nitrogen and oxygen atoms in total. The average Bonchev–Trinajstić information content (AvgIpc) is 2.70. The molecule has 1 heterocycles. The lowest BCUT2D eigenvalue weighted by Gasteiger charge is -2.16. The number of para-hydroxylation sites is 2. The molecule has 18 heavy (non-hydrogen) atoms. The van der Waals surface area contributed by atoms with E-state index in [2.05, 4.69) is 26.0 Å². The van der Waals surface area contributed by atoms with Crippen LogP contribution in [0.2, 0.25) is 0 Å². The van der Waals surface area contributed by atoms with Gasteiger partial charge < -0.3 is 0 Å². The lowest BCUT2D eigenvalue weighted by Crippen LogP contribution is -2.19. The summed E-state index contributed by atoms with van der Waals surface area (Å²) in [5.41, 5.74) is -0.200. The number of hydrogen-bond acceptors (Lipinski definition) is 2. The third-order valence-corrected chi connectivity index (χ3v) is 3.61. The van der Waals surface area contributed by atoms with Crippen LogP contribution in [-0.4, -0.2) is 5.66 Å². The van der Waals surface area contributed by atoms with Gasteiger partial charge in [-0.1, -0.05) is 51.2 Å². The molecule has 0 amide bonds. The zero-order valence-corrected chi connectivity index (χ0v) is 11.7. The van der Waals surface area contributed by atoms with Crippen molar-refractivity contribution >= 4 is 0 Å². The van der Waals surface area contributed by atoms with Gasteiger partial charge in [0.2, 0.25) is 0 Å². The van der Waals surface area contributed by atoms with Crippen LogP contribution in [0, 0.1) is 0 Å². The first kappa shape index (κ1) is 13.3. The highest BCUT2D eigenvalue weighted by molar-refractivity contribution is 5.06. The number of nitrogens with zero attached hydrogens (tertiary/aromatic N) is 2. The molecular weight excluding hydrogens is 220 g/mol. The van der Waals surface area contributed by atoms with E-state index in [1.165, 1.54) is 38.5 Å². The lowest BCUT2D eigenvalue weighted by atomic mass is 10.0. The van der Waals surface area contributed by atoms with Crippen molar-refractivity contribution in [1.29, 1.82) is 0 Å². The van der Waals surface area contributed by atoms with Gasteiger partial charge in [0.1, 0.15) is 5.66 Å². The molecule has 1 aromatic carbocycles. The van der Waals surface area contributed by atoms with Crippen molar-refractivity contribution in [3.63, 3.8) is 0 Å². The van der Waals surface area contributed by atoms with E-state index in [0.29, 0.717) is 0 Å². The quantitative estimate of drug-likeness (QED) is 0.657. The van der Waals surface area contributed by atoms with Crippen LogP contribution >= 0.6 is 0 Å². The maximum absolute atomic E-state index is 4.75. The fourth-order valence-electron chi connectivity index (χ4n) is 2.55. The SMILES string of the molecule is CCCCCCCCC1(C)N=c2ccccc2=N1. The minimum atomic E-state index is -0.200. The predicted molar refractivity (Wildman–Crippen MR) is 75.2 cm³/mol. The minimum Gasteiger partial charge on any atom is -0.254 e. The summed E-state index contributed by atoms with van der Waals surface area (Å²) in [4.78, 5) is 9.50. The molecule has 0 atom stereocenters. The molecule has 2 heteroatoms. The van der Waals surface area contributed by atoms with Crippen molar-refractivity contribution in [3.8, 4) is 0 Å². The second kappa shape index (κ2) is 6.12. The maximum atomic E-state index is 4.75. The van der Waals surface area contributed by atoms with Gasteiger partial charge in [-0.2, -0.15) is 0 Å². The Morgan fingerprint density at radius 2 is 1.44 bits per heavy atom. The van der Waals surface area contributed by atoms with Crippen LogP contribution in [0.25, 0.3) is 0 Å². The summed E-state index contributed by atoms with van der Waals surface area (Å²) in [6.07, 6.45) is 9.06. The second-order valence-electron chi connectivity index (χ2n) is 5.45. The number of unbranched alkanes of at least 4 members (excludes halogenated alkanes) is 5. The summed E-state index contributed by atoms with van der Waals surface area (Å²) >= 11 is 0. The van der Waals surface area contributed by atoms with Crippen LogP contribution in [0.5, 0.6) is 0 Å². The van der Waals surface area contributed by atoms with E-state index < -0.39 is 0 Å². The fourth-order valence-corrected chi connectivity index (χ4v) is 2.55. The number of fused-ring (bicyclic) bond motifs is 1. The van der Waals surface area contributed by atoms with Gasteiger partial charge in [-0.3, -0.25) is 9.98 Å². The lowest BCUT2D eigenvalue weighted by molar-refractivity contribution is 0.423. The average molecular weight is 244 g/mol. The van der Waals surface area contributed by atoms with Gasteiger partial charge in [0.15, 0.2) is 0 Å². The monoisotopic (exact) mass is 244 g/mol. The summed E-state index contributed by atoms with van der Waals surface area (Å²) in [6.45, 7) is 4.41. The van der Waals surface area contributed by atoms with Crippen LogP contribution in [0.3, 0.4) is 0 Å². The van der Waals surface area contributed by atoms with Gasteiger partial charge in [-0.25, -0.2) is 0 Å². The fraction of sp³-hybridized carbons (Fsp3) is 0.625. The topological polar surface area (TPSA) is 24.7 Å². The molecule has 1 aliphatic rings. The molecule has 0 N–H and O–H groups in total. The van der Waals surface area contributed by atoms with Crippen LogP contribution < -0.4 is 10.7 Å². The summed E-state index contributed by atoms with van der Waals surface area (Å²) in [5, 5.41) is 2.12. The van der Waals surface area contributed by atoms with E-state index in [1.807, 2.05) is 12.1 Å². The van der Waals surface area contributed by atoms with E-state index in [0.717, 1.165) is 17.1 Å². The zero-order valence-electron chi connectivity index (χ0n) is 11.7. The van der Waals surface area contributed by atoms with Gasteiger partial charge in [-0.05, 0) is 31.9 Å². The molecule has 98 valence electrons. The Morgan fingerprint density at radius 3 is 2.06 bits per heavy atom. The molecule has 0 spiro atoms. The molecule has 1 aromatic rings. The molecule has 0 bridgehead atoms. The smallest absolute Gasteiger partial charge is 0.148 e. The summed E-state index contributed by atoms with van der Waals surface area (Å²) in [6, 6.07) is 8.19. The zero-order chi connectivity index (χ0) is 12.8. The second-order valence-corrected chi connectivity index (χ2v) is 5.45. The molecule has 2 rings (SSSR count). The van der Waals surface area contributed by atoms with Crippen molar-refractivity contribution < 1.29 is 0 Å². The van der Waals surface area contributed by atoms with Gasteiger partial charge in [-0.15, -0.1) is 0 Å². The molecule has 0 saturated heterocycles. The van der Waals surface area contributed by atoms with Crippen LogP contribution in [0.4, 0.5) is 0 Å². The van der Waals surface area contributed by atoms with E-state index in [9.17, 15) is 0 Å². The maximum Gasteiger partial charge on any atom is 0.148 e. The highest BCUT2D eigenvalue weighted by Crippen LogP contribution is 2.21. The van der Waals surface area contributed by atoms with Gasteiger partial charge >= 0.3 is 0 Å². The molecule has 1 aliphatic heterocycles. The Balaban J connectivity index is 1.82. The van der Waals surface area contributed by atoms with E-state index in [1.54, 1.807) is 0 Å². The third-order valence-electron chi connectivity index (χ3n) is 3.61. The van der Waals surface area contributed by atoms with Gasteiger partial charge in [0.05, 0.1) is 10.7 Å².